The summed E-state index contributed by atoms with van der Waals surface area (Å²) in [5.74, 6) is 1.70. The Balaban J connectivity index is 1.86. The SMILES string of the molecule is Cc1cccc2nc(C(CCC3CC3)NC(=O)OC(C)(C)C)n(C)c12. The van der Waals surface area contributed by atoms with Gasteiger partial charge in [-0.15, -0.1) is 0 Å². The van der Waals surface area contributed by atoms with E-state index in [1.807, 2.05) is 40.0 Å². The van der Waals surface area contributed by atoms with Crippen molar-refractivity contribution in [3.05, 3.63) is 29.6 Å². The van der Waals surface area contributed by atoms with Crippen LogP contribution in [0, 0.1) is 12.8 Å². The Hall–Kier alpha value is -2.04. The highest BCUT2D eigenvalue weighted by molar-refractivity contribution is 5.79. The number of amides is 1. The minimum atomic E-state index is -0.506. The molecule has 1 amide bonds. The summed E-state index contributed by atoms with van der Waals surface area (Å²) in [7, 11) is 2.03. The van der Waals surface area contributed by atoms with Gasteiger partial charge < -0.3 is 14.6 Å². The highest BCUT2D eigenvalue weighted by atomic mass is 16.6. The molecular formula is C20H29N3O2. The van der Waals surface area contributed by atoms with Gasteiger partial charge in [0.05, 0.1) is 17.1 Å². The number of aromatic nitrogens is 2. The number of hydrogen-bond acceptors (Lipinski definition) is 3. The number of nitrogens with one attached hydrogen (secondary N) is 1. The van der Waals surface area contributed by atoms with E-state index in [0.29, 0.717) is 0 Å². The molecule has 0 spiro atoms. The summed E-state index contributed by atoms with van der Waals surface area (Å²) >= 11 is 0. The van der Waals surface area contributed by atoms with Crippen LogP contribution in [0.4, 0.5) is 4.79 Å². The molecule has 0 aliphatic heterocycles. The largest absolute Gasteiger partial charge is 0.444 e. The number of imidazole rings is 1. The van der Waals surface area contributed by atoms with E-state index in [2.05, 4.69) is 22.9 Å². The molecule has 1 atom stereocenters. The monoisotopic (exact) mass is 343 g/mol. The number of nitrogens with zero attached hydrogens (tertiary/aromatic N) is 2. The van der Waals surface area contributed by atoms with Crippen molar-refractivity contribution in [2.75, 3.05) is 0 Å². The van der Waals surface area contributed by atoms with Crippen LogP contribution in [0.1, 0.15) is 63.9 Å². The van der Waals surface area contributed by atoms with Crippen LogP contribution in [0.2, 0.25) is 0 Å². The van der Waals surface area contributed by atoms with Gasteiger partial charge in [-0.2, -0.15) is 0 Å². The molecule has 1 aromatic heterocycles. The fourth-order valence-corrected chi connectivity index (χ4v) is 3.32. The van der Waals surface area contributed by atoms with Crippen molar-refractivity contribution in [3.63, 3.8) is 0 Å². The molecule has 0 radical (unpaired) electrons. The molecule has 0 saturated heterocycles. The van der Waals surface area contributed by atoms with Crippen molar-refractivity contribution in [1.82, 2.24) is 14.9 Å². The Morgan fingerprint density at radius 1 is 1.40 bits per heavy atom. The van der Waals surface area contributed by atoms with Crippen LogP contribution in [0.25, 0.3) is 11.0 Å². The first-order valence-electron chi connectivity index (χ1n) is 9.16. The van der Waals surface area contributed by atoms with Gasteiger partial charge in [0, 0.05) is 7.05 Å². The lowest BCUT2D eigenvalue weighted by atomic mass is 10.1. The molecule has 0 bridgehead atoms. The van der Waals surface area contributed by atoms with Gasteiger partial charge in [0.2, 0.25) is 0 Å². The molecule has 2 aromatic rings. The second-order valence-electron chi connectivity index (χ2n) is 8.19. The average Bonchev–Trinajstić information content (AvgIpc) is 3.25. The zero-order chi connectivity index (χ0) is 18.2. The summed E-state index contributed by atoms with van der Waals surface area (Å²) in [6.45, 7) is 7.73. The van der Waals surface area contributed by atoms with Crippen LogP contribution in [-0.2, 0) is 11.8 Å². The van der Waals surface area contributed by atoms with E-state index < -0.39 is 5.60 Å². The minimum absolute atomic E-state index is 0.132. The van der Waals surface area contributed by atoms with E-state index in [4.69, 9.17) is 9.72 Å². The van der Waals surface area contributed by atoms with E-state index in [-0.39, 0.29) is 12.1 Å². The smallest absolute Gasteiger partial charge is 0.408 e. The van der Waals surface area contributed by atoms with Crippen molar-refractivity contribution in [2.45, 2.75) is 65.0 Å². The van der Waals surface area contributed by atoms with Crippen molar-refractivity contribution < 1.29 is 9.53 Å². The summed E-state index contributed by atoms with van der Waals surface area (Å²) in [6, 6.07) is 6.01. The van der Waals surface area contributed by atoms with Gasteiger partial charge in [-0.05, 0) is 58.1 Å². The van der Waals surface area contributed by atoms with Crippen LogP contribution in [0.5, 0.6) is 0 Å². The fraction of sp³-hybridized carbons (Fsp3) is 0.600. The van der Waals surface area contributed by atoms with E-state index in [0.717, 1.165) is 35.6 Å². The van der Waals surface area contributed by atoms with Gasteiger partial charge in [-0.1, -0.05) is 25.0 Å². The molecular weight excluding hydrogens is 314 g/mol. The van der Waals surface area contributed by atoms with E-state index >= 15 is 0 Å². The number of para-hydroxylation sites is 1. The number of ether oxygens (including phenoxy) is 1. The number of carbonyl (C=O) groups excluding carboxylic acids is 1. The Bertz CT molecular complexity index is 769. The second kappa shape index (κ2) is 6.70. The van der Waals surface area contributed by atoms with Gasteiger partial charge in [-0.25, -0.2) is 9.78 Å². The van der Waals surface area contributed by atoms with E-state index in [9.17, 15) is 4.79 Å². The number of fused-ring (bicyclic) bond motifs is 1. The quantitative estimate of drug-likeness (QED) is 0.860. The topological polar surface area (TPSA) is 56.1 Å². The standard InChI is InChI=1S/C20H29N3O2/c1-13-7-6-8-15-17(13)23(5)18(21-15)16(12-11-14-9-10-14)22-19(24)25-20(2,3)4/h6-8,14,16H,9-12H2,1-5H3,(H,22,24). The third kappa shape index (κ3) is 4.33. The molecule has 3 rings (SSSR count). The maximum Gasteiger partial charge on any atom is 0.408 e. The molecule has 1 aliphatic rings. The van der Waals surface area contributed by atoms with Gasteiger partial charge in [0.25, 0.3) is 0 Å². The van der Waals surface area contributed by atoms with Crippen LogP contribution < -0.4 is 5.32 Å². The molecule has 1 aliphatic carbocycles. The minimum Gasteiger partial charge on any atom is -0.444 e. The zero-order valence-electron chi connectivity index (χ0n) is 15.9. The third-order valence-corrected chi connectivity index (χ3v) is 4.69. The van der Waals surface area contributed by atoms with Crippen LogP contribution in [0.3, 0.4) is 0 Å². The normalized spacial score (nSPS) is 16.0. The Labute approximate surface area is 149 Å². The zero-order valence-corrected chi connectivity index (χ0v) is 15.9. The van der Waals surface area contributed by atoms with Gasteiger partial charge in [0.1, 0.15) is 11.4 Å². The summed E-state index contributed by atoms with van der Waals surface area (Å²) < 4.78 is 7.57. The lowest BCUT2D eigenvalue weighted by Crippen LogP contribution is -2.36. The lowest BCUT2D eigenvalue weighted by molar-refractivity contribution is 0.0497. The summed E-state index contributed by atoms with van der Waals surface area (Å²) in [4.78, 5) is 17.1. The first-order chi connectivity index (χ1) is 11.7. The third-order valence-electron chi connectivity index (χ3n) is 4.69. The maximum absolute atomic E-state index is 12.3. The summed E-state index contributed by atoms with van der Waals surface area (Å²) in [5.41, 5.74) is 2.78. The molecule has 1 unspecified atom stereocenters. The predicted octanol–water partition coefficient (Wildman–Crippen LogP) is 4.64. The van der Waals surface area contributed by atoms with Gasteiger partial charge in [-0.3, -0.25) is 0 Å². The van der Waals surface area contributed by atoms with Crippen LogP contribution >= 0.6 is 0 Å². The highest BCUT2D eigenvalue weighted by Crippen LogP contribution is 2.36. The van der Waals surface area contributed by atoms with Crippen molar-refractivity contribution in [3.8, 4) is 0 Å². The predicted molar refractivity (Wildman–Crippen MR) is 99.5 cm³/mol. The Kier molecular flexibility index (Phi) is 4.76. The molecule has 136 valence electrons. The molecule has 1 N–H and O–H groups in total. The van der Waals surface area contributed by atoms with Crippen molar-refractivity contribution in [1.29, 1.82) is 0 Å². The molecule has 1 fully saturated rings. The molecule has 25 heavy (non-hydrogen) atoms. The highest BCUT2D eigenvalue weighted by Gasteiger charge is 2.28. The number of alkyl carbamates (subject to hydrolysis) is 1. The number of aryl methyl sites for hydroxylation is 2. The molecule has 5 nitrogen and oxygen atoms in total. The van der Waals surface area contributed by atoms with Gasteiger partial charge >= 0.3 is 6.09 Å². The fourth-order valence-electron chi connectivity index (χ4n) is 3.32. The molecule has 1 saturated carbocycles. The van der Waals surface area contributed by atoms with Gasteiger partial charge in [0.15, 0.2) is 0 Å². The Morgan fingerprint density at radius 3 is 2.72 bits per heavy atom. The average molecular weight is 343 g/mol. The lowest BCUT2D eigenvalue weighted by Gasteiger charge is -2.23. The number of hydrogen-bond donors (Lipinski definition) is 1. The summed E-state index contributed by atoms with van der Waals surface area (Å²) in [5, 5.41) is 3.05. The number of benzene rings is 1. The molecule has 1 aromatic carbocycles. The van der Waals surface area contributed by atoms with Crippen molar-refractivity contribution >= 4 is 17.1 Å². The maximum atomic E-state index is 12.3. The summed E-state index contributed by atoms with van der Waals surface area (Å²) in [6.07, 6.45) is 4.24. The van der Waals surface area contributed by atoms with Crippen LogP contribution in [-0.4, -0.2) is 21.2 Å². The Morgan fingerprint density at radius 2 is 2.12 bits per heavy atom. The van der Waals surface area contributed by atoms with E-state index in [1.54, 1.807) is 0 Å². The molecule has 1 heterocycles. The van der Waals surface area contributed by atoms with Crippen LogP contribution in [0.15, 0.2) is 18.2 Å². The first-order valence-corrected chi connectivity index (χ1v) is 9.16. The second-order valence-corrected chi connectivity index (χ2v) is 8.19. The molecule has 5 heteroatoms. The van der Waals surface area contributed by atoms with E-state index in [1.165, 1.54) is 18.4 Å². The first kappa shape index (κ1) is 17.8. The van der Waals surface area contributed by atoms with Crippen molar-refractivity contribution in [2.24, 2.45) is 13.0 Å². The number of rotatable bonds is 5. The number of carbonyl (C=O) groups is 1.